The summed E-state index contributed by atoms with van der Waals surface area (Å²) in [6.07, 6.45) is 2.14. The third-order valence-corrected chi connectivity index (χ3v) is 7.20. The van der Waals surface area contributed by atoms with E-state index in [2.05, 4.69) is 6.92 Å². The van der Waals surface area contributed by atoms with Gasteiger partial charge in [-0.1, -0.05) is 32.8 Å². The Morgan fingerprint density at radius 2 is 1.58 bits per heavy atom. The molecule has 1 aliphatic rings. The summed E-state index contributed by atoms with van der Waals surface area (Å²) in [5, 5.41) is 31.3. The van der Waals surface area contributed by atoms with Gasteiger partial charge in [-0.2, -0.15) is 0 Å². The van der Waals surface area contributed by atoms with Crippen LogP contribution in [-0.2, 0) is 0 Å². The highest BCUT2D eigenvalue weighted by Gasteiger charge is 2.34. The molecule has 3 N–H and O–H groups in total. The minimum atomic E-state index is -0.712. The van der Waals surface area contributed by atoms with Crippen molar-refractivity contribution in [3.63, 3.8) is 0 Å². The number of aliphatic hydroxyl groups excluding tert-OH is 1. The molecule has 2 atom stereocenters. The molecule has 0 spiro atoms. The number of aliphatic hydroxyl groups is 1. The second-order valence-electron chi connectivity index (χ2n) is 10.3. The highest BCUT2D eigenvalue weighted by atomic mass is 16.6. The molecule has 0 saturated heterocycles. The predicted molar refractivity (Wildman–Crippen MR) is 160 cm³/mol. The van der Waals surface area contributed by atoms with Crippen LogP contribution in [-0.4, -0.2) is 48.4 Å². The maximum Gasteiger partial charge on any atom is 0.238 e. The molecule has 2 heterocycles. The van der Waals surface area contributed by atoms with E-state index in [4.69, 9.17) is 28.1 Å². The van der Waals surface area contributed by atoms with Crippen molar-refractivity contribution in [2.45, 2.75) is 51.7 Å². The molecule has 43 heavy (non-hydrogen) atoms. The molecule has 2 unspecified atom stereocenters. The van der Waals surface area contributed by atoms with Crippen molar-refractivity contribution in [3.05, 3.63) is 64.3 Å². The van der Waals surface area contributed by atoms with E-state index < -0.39 is 23.4 Å². The fraction of sp³-hybridized carbons (Fsp3) is 0.364. The van der Waals surface area contributed by atoms with E-state index in [0.717, 1.165) is 25.7 Å². The molecule has 0 fully saturated rings. The number of phenolic OH excluding ortho intramolecular Hbond substituents is 1. The average Bonchev–Trinajstić information content (AvgIpc) is 3.02. The monoisotopic (exact) mass is 592 g/mol. The van der Waals surface area contributed by atoms with Crippen molar-refractivity contribution in [1.82, 2.24) is 0 Å². The minimum absolute atomic E-state index is 0.0367. The largest absolute Gasteiger partial charge is 0.508 e. The van der Waals surface area contributed by atoms with Crippen molar-refractivity contribution < 1.29 is 43.4 Å². The van der Waals surface area contributed by atoms with Gasteiger partial charge in [0.2, 0.25) is 11.2 Å². The summed E-state index contributed by atoms with van der Waals surface area (Å²) in [7, 11) is 1.55. The molecule has 0 amide bonds. The fourth-order valence-corrected chi connectivity index (χ4v) is 4.89. The average molecular weight is 593 g/mol. The van der Waals surface area contributed by atoms with Crippen LogP contribution in [0.3, 0.4) is 0 Å². The summed E-state index contributed by atoms with van der Waals surface area (Å²) >= 11 is 0. The molecular weight excluding hydrogens is 556 g/mol. The van der Waals surface area contributed by atoms with Crippen LogP contribution in [0.2, 0.25) is 0 Å². The third-order valence-electron chi connectivity index (χ3n) is 7.20. The second kappa shape index (κ2) is 13.2. The summed E-state index contributed by atoms with van der Waals surface area (Å²) in [5.41, 5.74) is 0.407. The highest BCUT2D eigenvalue weighted by molar-refractivity contribution is 5.88. The molecule has 0 saturated carbocycles. The second-order valence-corrected chi connectivity index (χ2v) is 10.3. The standard InChI is InChI=1S/C33H36O10/c1-4-6-12-39-22-10-8-19(14-24(22)38-3)32-28(18-34)41-23-11-9-20(15-25(23)42-32)33-31(37)30(36)29-26(40-13-7-5-2)16-21(35)17-27(29)43-33/h8-11,14-17,28,32,34-35,37H,4-7,12-13,18H2,1-3H3. The first-order valence-corrected chi connectivity index (χ1v) is 14.4. The van der Waals surface area contributed by atoms with Crippen LogP contribution < -0.4 is 29.1 Å². The number of aromatic hydroxyl groups is 2. The third kappa shape index (κ3) is 6.15. The number of hydrogen-bond acceptors (Lipinski definition) is 10. The van der Waals surface area contributed by atoms with Crippen molar-refractivity contribution in [2.75, 3.05) is 26.9 Å². The first-order chi connectivity index (χ1) is 20.9. The Kier molecular flexibility index (Phi) is 9.16. The number of hydrogen-bond donors (Lipinski definition) is 3. The van der Waals surface area contributed by atoms with Crippen molar-refractivity contribution in [2.24, 2.45) is 0 Å². The molecule has 228 valence electrons. The Hall–Kier alpha value is -4.57. The van der Waals surface area contributed by atoms with Gasteiger partial charge in [0.05, 0.1) is 26.9 Å². The molecule has 3 aromatic carbocycles. The van der Waals surface area contributed by atoms with Gasteiger partial charge < -0.3 is 43.4 Å². The number of methoxy groups -OCH3 is 1. The number of rotatable bonds is 12. The molecule has 0 radical (unpaired) electrons. The first kappa shape index (κ1) is 29.9. The normalized spacial score (nSPS) is 15.8. The lowest BCUT2D eigenvalue weighted by Gasteiger charge is -2.33. The maximum atomic E-state index is 13.3. The van der Waals surface area contributed by atoms with Crippen LogP contribution in [0, 0.1) is 0 Å². The van der Waals surface area contributed by atoms with E-state index in [-0.39, 0.29) is 34.8 Å². The van der Waals surface area contributed by atoms with Crippen molar-refractivity contribution in [1.29, 1.82) is 0 Å². The molecule has 5 rings (SSSR count). The zero-order valence-electron chi connectivity index (χ0n) is 24.4. The zero-order valence-corrected chi connectivity index (χ0v) is 24.4. The van der Waals surface area contributed by atoms with Crippen LogP contribution in [0.1, 0.15) is 51.2 Å². The van der Waals surface area contributed by atoms with E-state index in [0.29, 0.717) is 47.3 Å². The van der Waals surface area contributed by atoms with Crippen LogP contribution in [0.5, 0.6) is 40.2 Å². The molecule has 10 heteroatoms. The highest BCUT2D eigenvalue weighted by Crippen LogP contribution is 2.44. The van der Waals surface area contributed by atoms with E-state index in [1.807, 2.05) is 13.0 Å². The van der Waals surface area contributed by atoms with E-state index in [1.54, 1.807) is 37.4 Å². The lowest BCUT2D eigenvalue weighted by atomic mass is 10.0. The van der Waals surface area contributed by atoms with Gasteiger partial charge in [-0.25, -0.2) is 0 Å². The van der Waals surface area contributed by atoms with E-state index >= 15 is 0 Å². The van der Waals surface area contributed by atoms with Gasteiger partial charge in [0.15, 0.2) is 41.0 Å². The zero-order chi connectivity index (χ0) is 30.5. The SMILES string of the molecule is CCCCOc1ccc(C2Oc3cc(-c4oc5cc(O)cc(OCCCC)c5c(=O)c4O)ccc3OC2CO)cc1OC. The molecule has 0 aliphatic carbocycles. The number of unbranched alkanes of at least 4 members (excludes halogenated alkanes) is 2. The topological polar surface area (TPSA) is 137 Å². The summed E-state index contributed by atoms with van der Waals surface area (Å²) in [5.74, 6) is 1.10. The summed E-state index contributed by atoms with van der Waals surface area (Å²) in [6, 6.07) is 12.8. The van der Waals surface area contributed by atoms with Gasteiger partial charge in [0.25, 0.3) is 0 Å². The van der Waals surface area contributed by atoms with Gasteiger partial charge in [-0.15, -0.1) is 0 Å². The van der Waals surface area contributed by atoms with Crippen LogP contribution in [0.4, 0.5) is 0 Å². The predicted octanol–water partition coefficient (Wildman–Crippen LogP) is 6.11. The van der Waals surface area contributed by atoms with Gasteiger partial charge in [0.1, 0.15) is 22.5 Å². The van der Waals surface area contributed by atoms with Crippen molar-refractivity contribution in [3.8, 4) is 51.6 Å². The number of benzene rings is 3. The van der Waals surface area contributed by atoms with Gasteiger partial charge in [0, 0.05) is 23.3 Å². The smallest absolute Gasteiger partial charge is 0.238 e. The Bertz CT molecular complexity index is 1640. The molecule has 0 bridgehead atoms. The van der Waals surface area contributed by atoms with E-state index in [1.165, 1.54) is 12.1 Å². The Morgan fingerprint density at radius 3 is 2.28 bits per heavy atom. The number of ether oxygens (including phenoxy) is 5. The molecular formula is C33H36O10. The van der Waals surface area contributed by atoms with E-state index in [9.17, 15) is 20.1 Å². The Balaban J connectivity index is 1.50. The number of phenols is 1. The van der Waals surface area contributed by atoms with Crippen LogP contribution in [0.15, 0.2) is 57.7 Å². The molecule has 1 aromatic heterocycles. The fourth-order valence-electron chi connectivity index (χ4n) is 4.89. The lowest BCUT2D eigenvalue weighted by Crippen LogP contribution is -2.36. The van der Waals surface area contributed by atoms with Crippen molar-refractivity contribution >= 4 is 11.0 Å². The summed E-state index contributed by atoms with van der Waals surface area (Å²) in [4.78, 5) is 13.3. The Morgan fingerprint density at radius 1 is 0.837 bits per heavy atom. The van der Waals surface area contributed by atoms with Gasteiger partial charge in [-0.3, -0.25) is 4.79 Å². The molecule has 4 aromatic rings. The maximum absolute atomic E-state index is 13.3. The lowest BCUT2D eigenvalue weighted by molar-refractivity contribution is -0.0123. The Labute approximate surface area is 249 Å². The molecule has 1 aliphatic heterocycles. The quantitative estimate of drug-likeness (QED) is 0.165. The van der Waals surface area contributed by atoms with Gasteiger partial charge in [-0.05, 0) is 43.2 Å². The number of fused-ring (bicyclic) bond motifs is 2. The summed E-state index contributed by atoms with van der Waals surface area (Å²) < 4.78 is 35.5. The molecule has 10 nitrogen and oxygen atoms in total. The van der Waals surface area contributed by atoms with Gasteiger partial charge >= 0.3 is 0 Å². The first-order valence-electron chi connectivity index (χ1n) is 14.4. The van der Waals surface area contributed by atoms with Crippen LogP contribution >= 0.6 is 0 Å². The van der Waals surface area contributed by atoms with Crippen LogP contribution in [0.25, 0.3) is 22.3 Å². The minimum Gasteiger partial charge on any atom is -0.508 e. The summed E-state index contributed by atoms with van der Waals surface area (Å²) in [6.45, 7) is 4.69.